The SMILES string of the molecule is C1=CCC2CCCCN(c3nnc4ncc5ccccc5n34)C2=C1. The Labute approximate surface area is 140 Å². The van der Waals surface area contributed by atoms with Gasteiger partial charge in [-0.3, -0.25) is 0 Å². The molecule has 1 atom stereocenters. The molecule has 1 unspecified atom stereocenters. The van der Waals surface area contributed by atoms with Gasteiger partial charge in [-0.1, -0.05) is 36.8 Å². The molecule has 3 heterocycles. The van der Waals surface area contributed by atoms with Crippen LogP contribution in [0.3, 0.4) is 0 Å². The Bertz CT molecular complexity index is 968. The third kappa shape index (κ3) is 2.04. The van der Waals surface area contributed by atoms with Gasteiger partial charge in [-0.05, 0) is 31.4 Å². The monoisotopic (exact) mass is 317 g/mol. The predicted molar refractivity (Wildman–Crippen MR) is 94.8 cm³/mol. The molecule has 2 aromatic heterocycles. The molecule has 0 amide bonds. The van der Waals surface area contributed by atoms with Crippen LogP contribution in [0.2, 0.25) is 0 Å². The van der Waals surface area contributed by atoms with Crippen LogP contribution in [0.1, 0.15) is 25.7 Å². The molecule has 0 saturated carbocycles. The fourth-order valence-corrected chi connectivity index (χ4v) is 3.92. The van der Waals surface area contributed by atoms with E-state index in [9.17, 15) is 0 Å². The fraction of sp³-hybridized carbons (Fsp3) is 0.316. The van der Waals surface area contributed by atoms with Crippen molar-refractivity contribution < 1.29 is 0 Å². The predicted octanol–water partition coefficient (Wildman–Crippen LogP) is 3.73. The van der Waals surface area contributed by atoms with Crippen LogP contribution in [0.15, 0.2) is 54.4 Å². The maximum absolute atomic E-state index is 4.51. The number of benzene rings is 1. The Kier molecular flexibility index (Phi) is 3.11. The lowest BCUT2D eigenvalue weighted by molar-refractivity contribution is 0.550. The Morgan fingerprint density at radius 1 is 1.08 bits per heavy atom. The highest BCUT2D eigenvalue weighted by Crippen LogP contribution is 2.34. The molecule has 120 valence electrons. The summed E-state index contributed by atoms with van der Waals surface area (Å²) in [6, 6.07) is 8.29. The van der Waals surface area contributed by atoms with Crippen LogP contribution in [0.5, 0.6) is 0 Å². The van der Waals surface area contributed by atoms with E-state index in [1.807, 2.05) is 12.3 Å². The van der Waals surface area contributed by atoms with Gasteiger partial charge in [0.1, 0.15) is 0 Å². The lowest BCUT2D eigenvalue weighted by Crippen LogP contribution is -2.28. The van der Waals surface area contributed by atoms with Crippen molar-refractivity contribution in [1.82, 2.24) is 19.6 Å². The van der Waals surface area contributed by atoms with E-state index in [4.69, 9.17) is 0 Å². The van der Waals surface area contributed by atoms with Gasteiger partial charge >= 0.3 is 0 Å². The molecule has 2 aliphatic rings. The quantitative estimate of drug-likeness (QED) is 0.686. The van der Waals surface area contributed by atoms with Gasteiger partial charge in [0.2, 0.25) is 5.95 Å². The van der Waals surface area contributed by atoms with Crippen LogP contribution >= 0.6 is 0 Å². The molecule has 0 bridgehead atoms. The fourth-order valence-electron chi connectivity index (χ4n) is 3.92. The molecule has 24 heavy (non-hydrogen) atoms. The van der Waals surface area contributed by atoms with Gasteiger partial charge < -0.3 is 4.90 Å². The number of nitrogens with zero attached hydrogens (tertiary/aromatic N) is 5. The molecule has 3 aromatic rings. The minimum absolute atomic E-state index is 0.591. The molecule has 5 heteroatoms. The summed E-state index contributed by atoms with van der Waals surface area (Å²) in [5.41, 5.74) is 2.48. The first-order valence-corrected chi connectivity index (χ1v) is 8.65. The summed E-state index contributed by atoms with van der Waals surface area (Å²) in [5.74, 6) is 2.15. The number of fused-ring (bicyclic) bond motifs is 4. The van der Waals surface area contributed by atoms with E-state index >= 15 is 0 Å². The number of hydrogen-bond donors (Lipinski definition) is 0. The average Bonchev–Trinajstić information content (AvgIpc) is 2.95. The van der Waals surface area contributed by atoms with Crippen molar-refractivity contribution in [3.63, 3.8) is 0 Å². The zero-order valence-corrected chi connectivity index (χ0v) is 13.5. The third-order valence-corrected chi connectivity index (χ3v) is 5.10. The second kappa shape index (κ2) is 5.44. The minimum Gasteiger partial charge on any atom is -0.314 e. The van der Waals surface area contributed by atoms with E-state index in [2.05, 4.69) is 60.9 Å². The Hall–Kier alpha value is -2.69. The summed E-state index contributed by atoms with van der Waals surface area (Å²) in [7, 11) is 0. The van der Waals surface area contributed by atoms with Crippen LogP contribution in [-0.4, -0.2) is 26.1 Å². The molecular weight excluding hydrogens is 298 g/mol. The van der Waals surface area contributed by atoms with Gasteiger partial charge in [0.05, 0.1) is 5.52 Å². The van der Waals surface area contributed by atoms with Crippen LogP contribution in [0.25, 0.3) is 16.7 Å². The highest BCUT2D eigenvalue weighted by atomic mass is 15.4. The molecule has 5 rings (SSSR count). The molecule has 1 aromatic carbocycles. The molecule has 0 N–H and O–H groups in total. The normalized spacial score (nSPS) is 20.9. The second-order valence-electron chi connectivity index (χ2n) is 6.55. The second-order valence-corrected chi connectivity index (χ2v) is 6.55. The summed E-state index contributed by atoms with van der Waals surface area (Å²) < 4.78 is 2.09. The Balaban J connectivity index is 1.74. The zero-order chi connectivity index (χ0) is 15.9. The summed E-state index contributed by atoms with van der Waals surface area (Å²) >= 11 is 0. The first kappa shape index (κ1) is 13.7. The maximum Gasteiger partial charge on any atom is 0.256 e. The van der Waals surface area contributed by atoms with Crippen LogP contribution in [-0.2, 0) is 0 Å². The number of allylic oxidation sites excluding steroid dienone is 4. The van der Waals surface area contributed by atoms with Gasteiger partial charge in [0.25, 0.3) is 5.78 Å². The van der Waals surface area contributed by atoms with E-state index < -0.39 is 0 Å². The molecule has 5 nitrogen and oxygen atoms in total. The summed E-state index contributed by atoms with van der Waals surface area (Å²) in [5, 5.41) is 9.95. The van der Waals surface area contributed by atoms with Crippen molar-refractivity contribution in [2.75, 3.05) is 11.4 Å². The van der Waals surface area contributed by atoms with E-state index in [1.165, 1.54) is 25.0 Å². The highest BCUT2D eigenvalue weighted by molar-refractivity contribution is 5.81. The highest BCUT2D eigenvalue weighted by Gasteiger charge is 2.27. The molecular formula is C19H19N5. The van der Waals surface area contributed by atoms with Crippen LogP contribution < -0.4 is 4.90 Å². The van der Waals surface area contributed by atoms with Gasteiger partial charge in [0.15, 0.2) is 0 Å². The largest absolute Gasteiger partial charge is 0.314 e. The average molecular weight is 317 g/mol. The molecule has 1 aliphatic carbocycles. The number of para-hydroxylation sites is 1. The standard InChI is InChI=1S/C19H19N5/c1-3-10-16-14(7-1)8-5-6-12-23(16)19-22-21-18-20-13-15-9-2-4-11-17(15)24(18)19/h1-4,9-11,13-14H,5-8,12H2. The molecule has 0 spiro atoms. The van der Waals surface area contributed by atoms with Gasteiger partial charge in [-0.15, -0.1) is 10.2 Å². The molecule has 1 saturated heterocycles. The first-order chi connectivity index (χ1) is 11.9. The zero-order valence-electron chi connectivity index (χ0n) is 13.5. The van der Waals surface area contributed by atoms with E-state index in [-0.39, 0.29) is 0 Å². The maximum atomic E-state index is 4.51. The minimum atomic E-state index is 0.591. The lowest BCUT2D eigenvalue weighted by Gasteiger charge is -2.29. The van der Waals surface area contributed by atoms with Crippen molar-refractivity contribution in [3.05, 3.63) is 54.4 Å². The van der Waals surface area contributed by atoms with E-state index in [0.717, 1.165) is 29.8 Å². The van der Waals surface area contributed by atoms with Crippen LogP contribution in [0, 0.1) is 5.92 Å². The van der Waals surface area contributed by atoms with Crippen molar-refractivity contribution in [3.8, 4) is 0 Å². The summed E-state index contributed by atoms with van der Waals surface area (Å²) in [4.78, 5) is 6.84. The van der Waals surface area contributed by atoms with Crippen molar-refractivity contribution >= 4 is 22.6 Å². The number of hydrogen-bond acceptors (Lipinski definition) is 4. The molecule has 0 radical (unpaired) electrons. The van der Waals surface area contributed by atoms with Crippen molar-refractivity contribution in [2.45, 2.75) is 25.7 Å². The number of rotatable bonds is 1. The topological polar surface area (TPSA) is 46.3 Å². The van der Waals surface area contributed by atoms with Gasteiger partial charge in [-0.2, -0.15) is 0 Å². The van der Waals surface area contributed by atoms with E-state index in [0.29, 0.717) is 11.7 Å². The summed E-state index contributed by atoms with van der Waals surface area (Å²) in [6.07, 6.45) is 13.4. The Morgan fingerprint density at radius 3 is 3.04 bits per heavy atom. The first-order valence-electron chi connectivity index (χ1n) is 8.65. The van der Waals surface area contributed by atoms with Crippen LogP contribution in [0.4, 0.5) is 5.95 Å². The smallest absolute Gasteiger partial charge is 0.256 e. The number of anilines is 1. The molecule has 1 aliphatic heterocycles. The van der Waals surface area contributed by atoms with E-state index in [1.54, 1.807) is 0 Å². The number of aromatic nitrogens is 4. The molecule has 1 fully saturated rings. The van der Waals surface area contributed by atoms with Crippen molar-refractivity contribution in [1.29, 1.82) is 0 Å². The van der Waals surface area contributed by atoms with Gasteiger partial charge in [0, 0.05) is 29.7 Å². The lowest BCUT2D eigenvalue weighted by atomic mass is 9.92. The van der Waals surface area contributed by atoms with Crippen molar-refractivity contribution in [2.24, 2.45) is 5.92 Å². The summed E-state index contributed by atoms with van der Waals surface area (Å²) in [6.45, 7) is 0.986. The third-order valence-electron chi connectivity index (χ3n) is 5.10. The van der Waals surface area contributed by atoms with Gasteiger partial charge in [-0.25, -0.2) is 9.38 Å². The Morgan fingerprint density at radius 2 is 2.04 bits per heavy atom.